The summed E-state index contributed by atoms with van der Waals surface area (Å²) in [6.45, 7) is 0. The molecule has 2 heterocycles. The van der Waals surface area contributed by atoms with Crippen molar-refractivity contribution in [2.75, 3.05) is 14.2 Å². The predicted molar refractivity (Wildman–Crippen MR) is 63.9 cm³/mol. The lowest BCUT2D eigenvalue weighted by Gasteiger charge is -2.05. The summed E-state index contributed by atoms with van der Waals surface area (Å²) in [4.78, 5) is 30.7. The fourth-order valence-electron chi connectivity index (χ4n) is 1.45. The molecule has 0 spiro atoms. The number of amides is 1. The highest BCUT2D eigenvalue weighted by molar-refractivity contribution is 5.93. The van der Waals surface area contributed by atoms with Crippen LogP contribution in [-0.4, -0.2) is 45.8 Å². The monoisotopic (exact) mass is 261 g/mol. The molecule has 0 fully saturated rings. The van der Waals surface area contributed by atoms with Gasteiger partial charge in [-0.1, -0.05) is 0 Å². The molecule has 0 atom stereocenters. The number of methoxy groups -OCH3 is 1. The molecule has 0 aromatic carbocycles. The number of hydrogen-bond donors (Lipinski definition) is 1. The van der Waals surface area contributed by atoms with Crippen molar-refractivity contribution in [3.8, 4) is 5.82 Å². The van der Waals surface area contributed by atoms with Gasteiger partial charge in [0.1, 0.15) is 11.9 Å². The third-order valence-electron chi connectivity index (χ3n) is 2.36. The van der Waals surface area contributed by atoms with E-state index in [4.69, 9.17) is 0 Å². The summed E-state index contributed by atoms with van der Waals surface area (Å²) in [5.74, 6) is -0.656. The van der Waals surface area contributed by atoms with Gasteiger partial charge in [-0.2, -0.15) is 5.10 Å². The van der Waals surface area contributed by atoms with Gasteiger partial charge < -0.3 is 10.1 Å². The zero-order valence-electron chi connectivity index (χ0n) is 10.3. The molecule has 8 nitrogen and oxygen atoms in total. The zero-order chi connectivity index (χ0) is 13.8. The van der Waals surface area contributed by atoms with Gasteiger partial charge in [0, 0.05) is 19.4 Å². The Morgan fingerprint density at radius 3 is 2.89 bits per heavy atom. The van der Waals surface area contributed by atoms with E-state index in [9.17, 15) is 9.59 Å². The Morgan fingerprint density at radius 2 is 2.21 bits per heavy atom. The van der Waals surface area contributed by atoms with Crippen molar-refractivity contribution in [2.45, 2.75) is 0 Å². The second-order valence-electron chi connectivity index (χ2n) is 3.48. The molecule has 0 aliphatic carbocycles. The SMILES string of the molecule is CNC(=O)c1ccn(-c2ncncc2C(=O)OC)n1. The number of ether oxygens (including phenoxy) is 1. The van der Waals surface area contributed by atoms with Crippen molar-refractivity contribution in [3.63, 3.8) is 0 Å². The molecular formula is C11H11N5O3. The van der Waals surface area contributed by atoms with Crippen LogP contribution in [-0.2, 0) is 4.74 Å². The zero-order valence-corrected chi connectivity index (χ0v) is 10.3. The molecule has 19 heavy (non-hydrogen) atoms. The maximum atomic E-state index is 11.6. The maximum absolute atomic E-state index is 11.6. The highest BCUT2D eigenvalue weighted by atomic mass is 16.5. The van der Waals surface area contributed by atoms with Crippen LogP contribution in [0.15, 0.2) is 24.8 Å². The van der Waals surface area contributed by atoms with Gasteiger partial charge in [0.25, 0.3) is 5.91 Å². The quantitative estimate of drug-likeness (QED) is 0.769. The molecule has 8 heteroatoms. The van der Waals surface area contributed by atoms with Crippen LogP contribution < -0.4 is 5.32 Å². The fourth-order valence-corrected chi connectivity index (χ4v) is 1.45. The minimum absolute atomic E-state index is 0.163. The first-order valence-corrected chi connectivity index (χ1v) is 5.33. The summed E-state index contributed by atoms with van der Waals surface area (Å²) in [6.07, 6.45) is 4.14. The van der Waals surface area contributed by atoms with Gasteiger partial charge in [-0.25, -0.2) is 19.4 Å². The molecular weight excluding hydrogens is 250 g/mol. The van der Waals surface area contributed by atoms with Crippen LogP contribution in [0.2, 0.25) is 0 Å². The van der Waals surface area contributed by atoms with Crippen LogP contribution in [0, 0.1) is 0 Å². The van der Waals surface area contributed by atoms with Crippen molar-refractivity contribution >= 4 is 11.9 Å². The number of aromatic nitrogens is 4. The molecule has 2 aromatic heterocycles. The molecule has 2 aromatic rings. The first-order chi connectivity index (χ1) is 9.17. The lowest BCUT2D eigenvalue weighted by atomic mass is 10.3. The molecule has 0 aliphatic heterocycles. The molecule has 98 valence electrons. The van der Waals surface area contributed by atoms with E-state index in [1.54, 1.807) is 0 Å². The molecule has 0 saturated heterocycles. The second-order valence-corrected chi connectivity index (χ2v) is 3.48. The first kappa shape index (κ1) is 12.7. The number of carbonyl (C=O) groups excluding carboxylic acids is 2. The molecule has 1 amide bonds. The van der Waals surface area contributed by atoms with Gasteiger partial charge in [-0.05, 0) is 6.07 Å². The third-order valence-corrected chi connectivity index (χ3v) is 2.36. The molecule has 0 saturated carbocycles. The maximum Gasteiger partial charge on any atom is 0.343 e. The lowest BCUT2D eigenvalue weighted by Crippen LogP contribution is -2.19. The normalized spacial score (nSPS) is 10.0. The van der Waals surface area contributed by atoms with E-state index in [1.165, 1.54) is 43.6 Å². The van der Waals surface area contributed by atoms with Gasteiger partial charge in [-0.15, -0.1) is 0 Å². The highest BCUT2D eigenvalue weighted by Crippen LogP contribution is 2.11. The average Bonchev–Trinajstić information content (AvgIpc) is 2.95. The van der Waals surface area contributed by atoms with Gasteiger partial charge in [0.15, 0.2) is 11.5 Å². The summed E-state index contributed by atoms with van der Waals surface area (Å²) in [7, 11) is 2.77. The molecule has 2 rings (SSSR count). The Hall–Kier alpha value is -2.77. The molecule has 0 radical (unpaired) electrons. The number of nitrogens with zero attached hydrogens (tertiary/aromatic N) is 4. The smallest absolute Gasteiger partial charge is 0.343 e. The van der Waals surface area contributed by atoms with Crippen LogP contribution in [0.25, 0.3) is 5.82 Å². The second kappa shape index (κ2) is 5.25. The Morgan fingerprint density at radius 1 is 1.42 bits per heavy atom. The summed E-state index contributed by atoms with van der Waals surface area (Å²) in [5.41, 5.74) is 0.383. The van der Waals surface area contributed by atoms with E-state index >= 15 is 0 Å². The van der Waals surface area contributed by atoms with Crippen LogP contribution >= 0.6 is 0 Å². The Kier molecular flexibility index (Phi) is 3.51. The molecule has 0 bridgehead atoms. The number of nitrogens with one attached hydrogen (secondary N) is 1. The van der Waals surface area contributed by atoms with Crippen LogP contribution in [0.3, 0.4) is 0 Å². The van der Waals surface area contributed by atoms with E-state index in [1.807, 2.05) is 0 Å². The summed E-state index contributed by atoms with van der Waals surface area (Å²) >= 11 is 0. The van der Waals surface area contributed by atoms with Gasteiger partial charge in [0.05, 0.1) is 7.11 Å². The number of hydrogen-bond acceptors (Lipinski definition) is 6. The first-order valence-electron chi connectivity index (χ1n) is 5.33. The Labute approximate surface area is 108 Å². The third kappa shape index (κ3) is 2.41. The largest absolute Gasteiger partial charge is 0.465 e. The topological polar surface area (TPSA) is 99.0 Å². The minimum atomic E-state index is -0.576. The number of carbonyl (C=O) groups is 2. The molecule has 0 unspecified atom stereocenters. The standard InChI is InChI=1S/C11H11N5O3/c1-12-10(17)8-3-4-16(15-8)9-7(11(18)19-2)5-13-6-14-9/h3-6H,1-2H3,(H,12,17). The Bertz CT molecular complexity index is 622. The van der Waals surface area contributed by atoms with Crippen molar-refractivity contribution in [3.05, 3.63) is 36.0 Å². The van der Waals surface area contributed by atoms with Gasteiger partial charge >= 0.3 is 5.97 Å². The van der Waals surface area contributed by atoms with Crippen molar-refractivity contribution in [1.29, 1.82) is 0 Å². The lowest BCUT2D eigenvalue weighted by molar-refractivity contribution is 0.0599. The van der Waals surface area contributed by atoms with Crippen LogP contribution in [0.5, 0.6) is 0 Å². The molecule has 1 N–H and O–H groups in total. The average molecular weight is 261 g/mol. The summed E-state index contributed by atoms with van der Waals surface area (Å²) in [6, 6.07) is 1.52. The summed E-state index contributed by atoms with van der Waals surface area (Å²) < 4.78 is 5.95. The predicted octanol–water partition coefficient (Wildman–Crippen LogP) is -0.192. The van der Waals surface area contributed by atoms with E-state index in [2.05, 4.69) is 25.1 Å². The van der Waals surface area contributed by atoms with Crippen molar-refractivity contribution < 1.29 is 14.3 Å². The van der Waals surface area contributed by atoms with Gasteiger partial charge in [-0.3, -0.25) is 4.79 Å². The van der Waals surface area contributed by atoms with Gasteiger partial charge in [0.2, 0.25) is 0 Å². The highest BCUT2D eigenvalue weighted by Gasteiger charge is 2.16. The van der Waals surface area contributed by atoms with Crippen molar-refractivity contribution in [2.24, 2.45) is 0 Å². The van der Waals surface area contributed by atoms with E-state index in [-0.39, 0.29) is 23.0 Å². The van der Waals surface area contributed by atoms with Crippen molar-refractivity contribution in [1.82, 2.24) is 25.1 Å². The summed E-state index contributed by atoms with van der Waals surface area (Å²) in [5, 5.41) is 6.49. The number of esters is 1. The van der Waals surface area contributed by atoms with Crippen LogP contribution in [0.1, 0.15) is 20.8 Å². The van der Waals surface area contributed by atoms with Crippen LogP contribution in [0.4, 0.5) is 0 Å². The minimum Gasteiger partial charge on any atom is -0.465 e. The molecule has 0 aliphatic rings. The fraction of sp³-hybridized carbons (Fsp3) is 0.182. The Balaban J connectivity index is 2.45. The number of rotatable bonds is 3. The van der Waals surface area contributed by atoms with E-state index in [0.29, 0.717) is 0 Å². The van der Waals surface area contributed by atoms with E-state index < -0.39 is 5.97 Å². The van der Waals surface area contributed by atoms with E-state index in [0.717, 1.165) is 0 Å².